The summed E-state index contributed by atoms with van der Waals surface area (Å²) in [5, 5.41) is 15.2. The van der Waals surface area contributed by atoms with E-state index < -0.39 is 12.3 Å². The van der Waals surface area contributed by atoms with Crippen LogP contribution in [-0.4, -0.2) is 56.6 Å². The number of carbonyl (C=O) groups is 1. The summed E-state index contributed by atoms with van der Waals surface area (Å²) < 4.78 is 15.8. The number of nitrogens with one attached hydrogen (secondary N) is 2. The Hall–Kier alpha value is -1.74. The molecule has 2 heterocycles. The van der Waals surface area contributed by atoms with Gasteiger partial charge in [-0.15, -0.1) is 0 Å². The molecule has 0 saturated heterocycles. The number of nitrogens with zero attached hydrogens (tertiary/aromatic N) is 1. The molecule has 1 aliphatic heterocycles. The predicted molar refractivity (Wildman–Crippen MR) is 92.6 cm³/mol. The third kappa shape index (κ3) is 5.93. The van der Waals surface area contributed by atoms with Gasteiger partial charge in [0, 0.05) is 33.9 Å². The van der Waals surface area contributed by atoms with Gasteiger partial charge in [0.25, 0.3) is 0 Å². The molecule has 0 fully saturated rings. The topological polar surface area (TPSA) is 102 Å². The van der Waals surface area contributed by atoms with Crippen LogP contribution in [-0.2, 0) is 32.0 Å². The van der Waals surface area contributed by atoms with Crippen LogP contribution < -0.4 is 10.6 Å². The molecule has 25 heavy (non-hydrogen) atoms. The van der Waals surface area contributed by atoms with Crippen molar-refractivity contribution in [2.45, 2.75) is 32.1 Å². The highest BCUT2D eigenvalue weighted by Crippen LogP contribution is 2.27. The summed E-state index contributed by atoms with van der Waals surface area (Å²) in [7, 11) is 3.19. The van der Waals surface area contributed by atoms with E-state index in [1.807, 2.05) is 0 Å². The molecule has 0 bridgehead atoms. The van der Waals surface area contributed by atoms with Gasteiger partial charge in [-0.1, -0.05) is 0 Å². The van der Waals surface area contributed by atoms with Gasteiger partial charge < -0.3 is 30.0 Å². The predicted octanol–water partition coefficient (Wildman–Crippen LogP) is 1.31. The molecule has 0 radical (unpaired) electrons. The van der Waals surface area contributed by atoms with Crippen LogP contribution in [0.5, 0.6) is 0 Å². The standard InChI is InChI=1S/C17H27N3O5/c1-23-17(24-2)15-13(9-12-5-3-7-19-16(12)20-15)10-18-6-4-8-25-11-14(21)22/h9,17-18H,3-8,10-11H2,1-2H3,(H,19,20)(H,21,22). The Morgan fingerprint density at radius 2 is 2.24 bits per heavy atom. The summed E-state index contributed by atoms with van der Waals surface area (Å²) >= 11 is 0. The zero-order chi connectivity index (χ0) is 18.1. The van der Waals surface area contributed by atoms with Gasteiger partial charge in [-0.2, -0.15) is 0 Å². The summed E-state index contributed by atoms with van der Waals surface area (Å²) in [5.41, 5.74) is 3.03. The second-order valence-corrected chi connectivity index (χ2v) is 5.85. The zero-order valence-electron chi connectivity index (χ0n) is 14.8. The lowest BCUT2D eigenvalue weighted by Gasteiger charge is -2.23. The molecule has 1 aromatic heterocycles. The number of carboxylic acid groups (broad SMARTS) is 1. The van der Waals surface area contributed by atoms with Gasteiger partial charge in [-0.05, 0) is 43.0 Å². The Morgan fingerprint density at radius 1 is 1.44 bits per heavy atom. The van der Waals surface area contributed by atoms with Gasteiger partial charge in [0.1, 0.15) is 18.1 Å². The molecule has 1 aliphatic rings. The average molecular weight is 353 g/mol. The van der Waals surface area contributed by atoms with Crippen molar-refractivity contribution in [3.63, 3.8) is 0 Å². The average Bonchev–Trinajstić information content (AvgIpc) is 2.61. The van der Waals surface area contributed by atoms with Crippen molar-refractivity contribution >= 4 is 11.8 Å². The molecular formula is C17H27N3O5. The maximum Gasteiger partial charge on any atom is 0.329 e. The molecule has 1 aromatic rings. The van der Waals surface area contributed by atoms with Crippen LogP contribution >= 0.6 is 0 Å². The molecule has 2 rings (SSSR count). The number of aliphatic carboxylic acids is 1. The van der Waals surface area contributed by atoms with Gasteiger partial charge in [0.2, 0.25) is 6.29 Å². The highest BCUT2D eigenvalue weighted by molar-refractivity contribution is 5.67. The molecule has 8 nitrogen and oxygen atoms in total. The fourth-order valence-corrected chi connectivity index (χ4v) is 2.79. The number of carboxylic acids is 1. The number of aromatic nitrogens is 1. The lowest BCUT2D eigenvalue weighted by Crippen LogP contribution is -2.22. The van der Waals surface area contributed by atoms with Crippen molar-refractivity contribution in [3.05, 3.63) is 22.9 Å². The van der Waals surface area contributed by atoms with E-state index in [9.17, 15) is 4.79 Å². The van der Waals surface area contributed by atoms with Crippen molar-refractivity contribution in [3.8, 4) is 0 Å². The van der Waals surface area contributed by atoms with Gasteiger partial charge in [0.05, 0.1) is 0 Å². The second-order valence-electron chi connectivity index (χ2n) is 5.85. The lowest BCUT2D eigenvalue weighted by atomic mass is 10.0. The minimum Gasteiger partial charge on any atom is -0.480 e. The number of fused-ring (bicyclic) bond motifs is 1. The van der Waals surface area contributed by atoms with E-state index in [-0.39, 0.29) is 6.61 Å². The minimum absolute atomic E-state index is 0.255. The van der Waals surface area contributed by atoms with Crippen molar-refractivity contribution in [1.29, 1.82) is 0 Å². The molecule has 0 aromatic carbocycles. The number of hydrogen-bond donors (Lipinski definition) is 3. The molecule has 0 unspecified atom stereocenters. The molecule has 0 amide bonds. The first kappa shape index (κ1) is 19.6. The van der Waals surface area contributed by atoms with Crippen molar-refractivity contribution in [2.24, 2.45) is 0 Å². The molecule has 3 N–H and O–H groups in total. The first-order valence-corrected chi connectivity index (χ1v) is 8.48. The van der Waals surface area contributed by atoms with E-state index in [2.05, 4.69) is 16.7 Å². The molecule has 8 heteroatoms. The Bertz CT molecular complexity index is 563. The smallest absolute Gasteiger partial charge is 0.329 e. The van der Waals surface area contributed by atoms with Crippen LogP contribution in [0.25, 0.3) is 0 Å². The van der Waals surface area contributed by atoms with Crippen molar-refractivity contribution in [1.82, 2.24) is 10.3 Å². The number of hydrogen-bond acceptors (Lipinski definition) is 7. The quantitative estimate of drug-likeness (QED) is 0.404. The van der Waals surface area contributed by atoms with Gasteiger partial charge in [0.15, 0.2) is 0 Å². The fourth-order valence-electron chi connectivity index (χ4n) is 2.79. The molecule has 0 saturated carbocycles. The van der Waals surface area contributed by atoms with E-state index in [4.69, 9.17) is 24.3 Å². The zero-order valence-corrected chi connectivity index (χ0v) is 14.8. The van der Waals surface area contributed by atoms with Crippen LogP contribution in [0.3, 0.4) is 0 Å². The Morgan fingerprint density at radius 3 is 2.96 bits per heavy atom. The highest BCUT2D eigenvalue weighted by atomic mass is 16.7. The van der Waals surface area contributed by atoms with E-state index in [1.54, 1.807) is 14.2 Å². The summed E-state index contributed by atoms with van der Waals surface area (Å²) in [5.74, 6) is -0.0392. The number of pyridine rings is 1. The first-order valence-electron chi connectivity index (χ1n) is 8.48. The third-order valence-electron chi connectivity index (χ3n) is 3.96. The highest BCUT2D eigenvalue weighted by Gasteiger charge is 2.20. The van der Waals surface area contributed by atoms with Crippen LogP contribution in [0.4, 0.5) is 5.82 Å². The van der Waals surface area contributed by atoms with Crippen molar-refractivity contribution in [2.75, 3.05) is 45.8 Å². The monoisotopic (exact) mass is 353 g/mol. The fraction of sp³-hybridized carbons (Fsp3) is 0.647. The van der Waals surface area contributed by atoms with E-state index in [0.29, 0.717) is 13.2 Å². The van der Waals surface area contributed by atoms with Gasteiger partial charge in [-0.25, -0.2) is 9.78 Å². The van der Waals surface area contributed by atoms with Gasteiger partial charge in [-0.3, -0.25) is 0 Å². The first-order chi connectivity index (χ1) is 12.2. The third-order valence-corrected chi connectivity index (χ3v) is 3.96. The second kappa shape index (κ2) is 10.3. The van der Waals surface area contributed by atoms with Crippen molar-refractivity contribution < 1.29 is 24.1 Å². The summed E-state index contributed by atoms with van der Waals surface area (Å²) in [4.78, 5) is 15.1. The summed E-state index contributed by atoms with van der Waals surface area (Å²) in [6, 6.07) is 2.16. The number of ether oxygens (including phenoxy) is 3. The number of anilines is 1. The Kier molecular flexibility index (Phi) is 8.07. The lowest BCUT2D eigenvalue weighted by molar-refractivity contribution is -0.142. The normalized spacial score (nSPS) is 13.6. The molecular weight excluding hydrogens is 326 g/mol. The molecule has 0 aliphatic carbocycles. The molecule has 0 spiro atoms. The van der Waals surface area contributed by atoms with Crippen LogP contribution in [0, 0.1) is 0 Å². The SMILES string of the molecule is COC(OC)c1nc2c(cc1CNCCCOCC(=O)O)CCCN2. The van der Waals surface area contributed by atoms with Crippen LogP contribution in [0.2, 0.25) is 0 Å². The Balaban J connectivity index is 1.94. The largest absolute Gasteiger partial charge is 0.480 e. The minimum atomic E-state index is -0.948. The summed E-state index contributed by atoms with van der Waals surface area (Å²) in [6.07, 6.45) is 2.33. The van der Waals surface area contributed by atoms with Crippen LogP contribution in [0.15, 0.2) is 6.07 Å². The number of aryl methyl sites for hydroxylation is 1. The van der Waals surface area contributed by atoms with E-state index >= 15 is 0 Å². The number of rotatable bonds is 11. The maximum absolute atomic E-state index is 10.4. The molecule has 140 valence electrons. The van der Waals surface area contributed by atoms with Crippen LogP contribution in [0.1, 0.15) is 36.0 Å². The summed E-state index contributed by atoms with van der Waals surface area (Å²) in [6.45, 7) is 2.45. The number of methoxy groups -OCH3 is 2. The molecule has 0 atom stereocenters. The Labute approximate surface area is 147 Å². The maximum atomic E-state index is 10.4. The van der Waals surface area contributed by atoms with E-state index in [0.717, 1.165) is 49.4 Å². The van der Waals surface area contributed by atoms with Gasteiger partial charge >= 0.3 is 5.97 Å². The van der Waals surface area contributed by atoms with E-state index in [1.165, 1.54) is 5.56 Å².